The van der Waals surface area contributed by atoms with E-state index in [0.29, 0.717) is 12.0 Å². The predicted octanol–water partition coefficient (Wildman–Crippen LogP) is 2.66. The molecule has 20 heavy (non-hydrogen) atoms. The van der Waals surface area contributed by atoms with Gasteiger partial charge in [-0.05, 0) is 51.0 Å². The average Bonchev–Trinajstić information content (AvgIpc) is 2.86. The van der Waals surface area contributed by atoms with Crippen LogP contribution >= 0.6 is 0 Å². The summed E-state index contributed by atoms with van der Waals surface area (Å²) in [5, 5.41) is 9.54. The van der Waals surface area contributed by atoms with Gasteiger partial charge in [0, 0.05) is 12.6 Å². The van der Waals surface area contributed by atoms with E-state index in [4.69, 9.17) is 4.74 Å². The van der Waals surface area contributed by atoms with Crippen molar-refractivity contribution in [2.75, 3.05) is 13.2 Å². The number of likely N-dealkylation sites (tertiary alicyclic amines) is 1. The second-order valence-electron chi connectivity index (χ2n) is 7.11. The van der Waals surface area contributed by atoms with Crippen LogP contribution in [0, 0.1) is 5.92 Å². The Balaban J connectivity index is 1.71. The quantitative estimate of drug-likeness (QED) is 0.845. The number of carbonyl (C=O) groups is 1. The molecule has 3 fully saturated rings. The Morgan fingerprint density at radius 2 is 2.05 bits per heavy atom. The van der Waals surface area contributed by atoms with Gasteiger partial charge in [0.25, 0.3) is 0 Å². The minimum Gasteiger partial charge on any atom is -0.480 e. The molecule has 3 unspecified atom stereocenters. The lowest BCUT2D eigenvalue weighted by atomic mass is 9.84. The Kier molecular flexibility index (Phi) is 4.04. The van der Waals surface area contributed by atoms with Gasteiger partial charge in [0.15, 0.2) is 0 Å². The lowest BCUT2D eigenvalue weighted by Crippen LogP contribution is -2.55. The highest BCUT2D eigenvalue weighted by Gasteiger charge is 2.44. The molecule has 0 aromatic heterocycles. The van der Waals surface area contributed by atoms with Crippen molar-refractivity contribution >= 4 is 5.97 Å². The standard InChI is InChI=1S/C16H27NO3/c1-12-4-8-17(14(10-12)15(18)19)13-5-9-20-16(11-13)6-2-3-7-16/h12-14H,2-11H2,1H3,(H,18,19). The molecule has 1 saturated carbocycles. The minimum atomic E-state index is -0.636. The Bertz CT molecular complexity index is 365. The van der Waals surface area contributed by atoms with Crippen molar-refractivity contribution in [3.63, 3.8) is 0 Å². The van der Waals surface area contributed by atoms with E-state index in [9.17, 15) is 9.90 Å². The van der Waals surface area contributed by atoms with Gasteiger partial charge < -0.3 is 9.84 Å². The molecule has 0 amide bonds. The number of aliphatic carboxylic acids is 1. The third-order valence-corrected chi connectivity index (χ3v) is 5.64. The number of nitrogens with zero attached hydrogens (tertiary/aromatic N) is 1. The summed E-state index contributed by atoms with van der Waals surface area (Å²) < 4.78 is 6.09. The van der Waals surface area contributed by atoms with Gasteiger partial charge in [-0.25, -0.2) is 0 Å². The van der Waals surface area contributed by atoms with Crippen LogP contribution in [0.4, 0.5) is 0 Å². The molecule has 2 aliphatic heterocycles. The maximum Gasteiger partial charge on any atom is 0.320 e. The third-order valence-electron chi connectivity index (χ3n) is 5.64. The summed E-state index contributed by atoms with van der Waals surface area (Å²) in [5.74, 6) is -0.101. The van der Waals surface area contributed by atoms with Crippen molar-refractivity contribution in [2.24, 2.45) is 5.92 Å². The maximum absolute atomic E-state index is 11.6. The molecule has 3 rings (SSSR count). The molecule has 2 heterocycles. The number of hydrogen-bond donors (Lipinski definition) is 1. The summed E-state index contributed by atoms with van der Waals surface area (Å²) in [7, 11) is 0. The van der Waals surface area contributed by atoms with Crippen molar-refractivity contribution < 1.29 is 14.6 Å². The van der Waals surface area contributed by atoms with Gasteiger partial charge in [-0.15, -0.1) is 0 Å². The van der Waals surface area contributed by atoms with E-state index >= 15 is 0 Å². The normalized spacial score (nSPS) is 38.1. The van der Waals surface area contributed by atoms with Crippen LogP contribution in [0.1, 0.15) is 58.3 Å². The second-order valence-corrected chi connectivity index (χ2v) is 7.11. The van der Waals surface area contributed by atoms with Crippen LogP contribution in [-0.4, -0.2) is 46.8 Å². The van der Waals surface area contributed by atoms with Crippen molar-refractivity contribution in [3.05, 3.63) is 0 Å². The van der Waals surface area contributed by atoms with Crippen LogP contribution in [0.5, 0.6) is 0 Å². The molecule has 0 aromatic carbocycles. The van der Waals surface area contributed by atoms with E-state index in [1.165, 1.54) is 25.7 Å². The molecule has 1 N–H and O–H groups in total. The van der Waals surface area contributed by atoms with Gasteiger partial charge in [-0.2, -0.15) is 0 Å². The van der Waals surface area contributed by atoms with Crippen LogP contribution in [0.2, 0.25) is 0 Å². The fraction of sp³-hybridized carbons (Fsp3) is 0.938. The molecule has 4 nitrogen and oxygen atoms in total. The monoisotopic (exact) mass is 281 g/mol. The van der Waals surface area contributed by atoms with Gasteiger partial charge in [0.2, 0.25) is 0 Å². The largest absolute Gasteiger partial charge is 0.480 e. The lowest BCUT2D eigenvalue weighted by molar-refractivity contribution is -0.152. The fourth-order valence-electron chi connectivity index (χ4n) is 4.49. The molecular formula is C16H27NO3. The summed E-state index contributed by atoms with van der Waals surface area (Å²) in [6, 6.07) is 0.135. The summed E-state index contributed by atoms with van der Waals surface area (Å²) in [6.45, 7) is 3.93. The summed E-state index contributed by atoms with van der Waals surface area (Å²) >= 11 is 0. The fourth-order valence-corrected chi connectivity index (χ4v) is 4.49. The Hall–Kier alpha value is -0.610. The molecule has 3 atom stereocenters. The Morgan fingerprint density at radius 3 is 2.75 bits per heavy atom. The Morgan fingerprint density at radius 1 is 1.30 bits per heavy atom. The third kappa shape index (κ3) is 2.73. The van der Waals surface area contributed by atoms with Crippen molar-refractivity contribution in [3.8, 4) is 0 Å². The molecule has 2 saturated heterocycles. The molecular weight excluding hydrogens is 254 g/mol. The zero-order valence-corrected chi connectivity index (χ0v) is 12.5. The number of piperidine rings is 1. The molecule has 114 valence electrons. The number of hydrogen-bond acceptors (Lipinski definition) is 3. The SMILES string of the molecule is CC1CCN(C2CCOC3(CCCC3)C2)C(C(=O)O)C1. The van der Waals surface area contributed by atoms with Crippen LogP contribution in [0.15, 0.2) is 0 Å². The van der Waals surface area contributed by atoms with Crippen molar-refractivity contribution in [1.29, 1.82) is 0 Å². The predicted molar refractivity (Wildman–Crippen MR) is 76.7 cm³/mol. The van der Waals surface area contributed by atoms with Crippen LogP contribution in [-0.2, 0) is 9.53 Å². The highest BCUT2D eigenvalue weighted by atomic mass is 16.5. The van der Waals surface area contributed by atoms with E-state index in [-0.39, 0.29) is 11.6 Å². The average molecular weight is 281 g/mol. The van der Waals surface area contributed by atoms with E-state index < -0.39 is 5.97 Å². The van der Waals surface area contributed by atoms with Gasteiger partial charge >= 0.3 is 5.97 Å². The highest BCUT2D eigenvalue weighted by molar-refractivity contribution is 5.73. The first-order valence-corrected chi connectivity index (χ1v) is 8.22. The molecule has 1 spiro atoms. The highest BCUT2D eigenvalue weighted by Crippen LogP contribution is 2.42. The first-order chi connectivity index (χ1) is 9.60. The Labute approximate surface area is 121 Å². The van der Waals surface area contributed by atoms with Crippen LogP contribution in [0.3, 0.4) is 0 Å². The molecule has 0 bridgehead atoms. The smallest absolute Gasteiger partial charge is 0.320 e. The van der Waals surface area contributed by atoms with Gasteiger partial charge in [0.1, 0.15) is 6.04 Å². The van der Waals surface area contributed by atoms with Crippen molar-refractivity contribution in [1.82, 2.24) is 4.90 Å². The summed E-state index contributed by atoms with van der Waals surface area (Å²) in [6.07, 6.45) is 8.87. The van der Waals surface area contributed by atoms with Gasteiger partial charge in [0.05, 0.1) is 5.60 Å². The number of ether oxygens (including phenoxy) is 1. The topological polar surface area (TPSA) is 49.8 Å². The number of rotatable bonds is 2. The number of carboxylic acids is 1. The van der Waals surface area contributed by atoms with Gasteiger partial charge in [-0.1, -0.05) is 19.8 Å². The van der Waals surface area contributed by atoms with Crippen LogP contribution in [0.25, 0.3) is 0 Å². The lowest BCUT2D eigenvalue weighted by Gasteiger charge is -2.47. The zero-order valence-electron chi connectivity index (χ0n) is 12.5. The van der Waals surface area contributed by atoms with E-state index in [1.807, 2.05) is 0 Å². The van der Waals surface area contributed by atoms with E-state index in [2.05, 4.69) is 11.8 Å². The van der Waals surface area contributed by atoms with E-state index in [0.717, 1.165) is 38.8 Å². The zero-order chi connectivity index (χ0) is 14.2. The molecule has 3 aliphatic rings. The van der Waals surface area contributed by atoms with E-state index in [1.54, 1.807) is 0 Å². The molecule has 1 aliphatic carbocycles. The molecule has 0 aromatic rings. The molecule has 4 heteroatoms. The maximum atomic E-state index is 11.6. The van der Waals surface area contributed by atoms with Gasteiger partial charge in [-0.3, -0.25) is 9.69 Å². The first kappa shape index (κ1) is 14.3. The van der Waals surface area contributed by atoms with Crippen LogP contribution < -0.4 is 0 Å². The minimum absolute atomic E-state index is 0.0784. The first-order valence-electron chi connectivity index (χ1n) is 8.22. The second kappa shape index (κ2) is 5.64. The summed E-state index contributed by atoms with van der Waals surface area (Å²) in [5.41, 5.74) is 0.0784. The van der Waals surface area contributed by atoms with Crippen molar-refractivity contribution in [2.45, 2.75) is 76.0 Å². The summed E-state index contributed by atoms with van der Waals surface area (Å²) in [4.78, 5) is 13.9. The number of carboxylic acid groups (broad SMARTS) is 1. The molecule has 0 radical (unpaired) electrons.